The number of ether oxygens (including phenoxy) is 2. The zero-order valence-electron chi connectivity index (χ0n) is 17.3. The van der Waals surface area contributed by atoms with Gasteiger partial charge in [-0.25, -0.2) is 9.98 Å². The van der Waals surface area contributed by atoms with Crippen LogP contribution < -0.4 is 26.8 Å². The van der Waals surface area contributed by atoms with E-state index in [-0.39, 0.29) is 23.0 Å². The number of aromatic nitrogens is 1. The predicted octanol–water partition coefficient (Wildman–Crippen LogP) is 0.770. The summed E-state index contributed by atoms with van der Waals surface area (Å²) < 4.78 is 11.3. The van der Waals surface area contributed by atoms with Crippen molar-refractivity contribution in [1.82, 2.24) is 15.2 Å². The maximum Gasteiger partial charge on any atom is 0.211 e. The van der Waals surface area contributed by atoms with Crippen molar-refractivity contribution in [1.29, 1.82) is 10.5 Å². The molecule has 3 heterocycles. The van der Waals surface area contributed by atoms with Crippen LogP contribution in [0.2, 0.25) is 0 Å². The number of fused-ring (bicyclic) bond motifs is 1. The van der Waals surface area contributed by atoms with Crippen molar-refractivity contribution in [2.24, 2.45) is 4.99 Å². The highest BCUT2D eigenvalue weighted by Gasteiger charge is 2.29. The molecular weight excluding hydrogens is 410 g/mol. The van der Waals surface area contributed by atoms with E-state index in [9.17, 15) is 5.26 Å². The minimum Gasteiger partial charge on any atom is -0.492 e. The van der Waals surface area contributed by atoms with Crippen LogP contribution in [0.25, 0.3) is 0 Å². The Bertz CT molecular complexity index is 1110. The number of benzene rings is 1. The molecule has 1 unspecified atom stereocenters. The Morgan fingerprint density at radius 1 is 1.28 bits per heavy atom. The van der Waals surface area contributed by atoms with E-state index in [1.807, 2.05) is 36.5 Å². The van der Waals surface area contributed by atoms with Gasteiger partial charge in [-0.1, -0.05) is 12.1 Å². The first-order chi connectivity index (χ1) is 15.6. The second-order valence-corrected chi connectivity index (χ2v) is 7.28. The molecule has 0 amide bonds. The van der Waals surface area contributed by atoms with Crippen LogP contribution in [0.5, 0.6) is 5.75 Å². The second-order valence-electron chi connectivity index (χ2n) is 7.28. The minimum absolute atomic E-state index is 0.00778. The molecule has 1 fully saturated rings. The van der Waals surface area contributed by atoms with E-state index < -0.39 is 6.04 Å². The van der Waals surface area contributed by atoms with Crippen LogP contribution in [-0.2, 0) is 4.74 Å². The fourth-order valence-corrected chi connectivity index (χ4v) is 3.71. The molecule has 0 aliphatic carbocycles. The predicted molar refractivity (Wildman–Crippen MR) is 119 cm³/mol. The van der Waals surface area contributed by atoms with Crippen LogP contribution in [-0.4, -0.2) is 55.3 Å². The molecule has 2 aliphatic heterocycles. The van der Waals surface area contributed by atoms with E-state index in [0.717, 1.165) is 38.4 Å². The first kappa shape index (κ1) is 21.2. The lowest BCUT2D eigenvalue weighted by Crippen LogP contribution is -2.38. The van der Waals surface area contributed by atoms with Gasteiger partial charge in [0.15, 0.2) is 6.19 Å². The van der Waals surface area contributed by atoms with Gasteiger partial charge >= 0.3 is 0 Å². The molecular formula is C21H23N9O2. The van der Waals surface area contributed by atoms with Crippen molar-refractivity contribution >= 4 is 23.3 Å². The van der Waals surface area contributed by atoms with Crippen molar-refractivity contribution in [2.45, 2.75) is 6.04 Å². The molecule has 11 nitrogen and oxygen atoms in total. The van der Waals surface area contributed by atoms with Gasteiger partial charge in [0.05, 0.1) is 18.9 Å². The molecule has 0 radical (unpaired) electrons. The van der Waals surface area contributed by atoms with Gasteiger partial charge in [0.2, 0.25) is 5.96 Å². The average Bonchev–Trinajstić information content (AvgIpc) is 2.80. The highest BCUT2D eigenvalue weighted by atomic mass is 16.5. The van der Waals surface area contributed by atoms with Gasteiger partial charge in [-0.05, 0) is 17.7 Å². The van der Waals surface area contributed by atoms with E-state index in [1.54, 1.807) is 0 Å². The number of hydrogen-bond donors (Lipinski definition) is 4. The van der Waals surface area contributed by atoms with Crippen LogP contribution in [0.4, 0.5) is 17.3 Å². The van der Waals surface area contributed by atoms with E-state index in [1.165, 1.54) is 0 Å². The molecule has 6 N–H and O–H groups in total. The van der Waals surface area contributed by atoms with Crippen LogP contribution in [0.3, 0.4) is 0 Å². The molecule has 0 spiro atoms. The zero-order valence-corrected chi connectivity index (χ0v) is 17.3. The number of nitrogens with zero attached hydrogens (tertiary/aromatic N) is 5. The van der Waals surface area contributed by atoms with Gasteiger partial charge in [-0.3, -0.25) is 10.2 Å². The molecule has 4 rings (SSSR count). The van der Waals surface area contributed by atoms with Gasteiger partial charge < -0.3 is 26.3 Å². The SMILES string of the molecule is N#CNC1=NC(c2cccc(OCCN3CCOCC3)c2)c2c(nc(N)c(C#N)c2N)N1. The summed E-state index contributed by atoms with van der Waals surface area (Å²) in [6, 6.07) is 8.87. The number of rotatable bonds is 5. The number of morpholine rings is 1. The Hall–Kier alpha value is -4.06. The lowest BCUT2D eigenvalue weighted by molar-refractivity contribution is 0.0322. The Morgan fingerprint density at radius 3 is 2.84 bits per heavy atom. The third kappa shape index (κ3) is 4.34. The lowest BCUT2D eigenvalue weighted by Gasteiger charge is -2.27. The molecule has 1 atom stereocenters. The number of aliphatic imine (C=N–C) groups is 1. The third-order valence-electron chi connectivity index (χ3n) is 5.31. The number of hydrogen-bond acceptors (Lipinski definition) is 11. The Balaban J connectivity index is 1.61. The highest BCUT2D eigenvalue weighted by Crippen LogP contribution is 2.41. The fourth-order valence-electron chi connectivity index (χ4n) is 3.71. The summed E-state index contributed by atoms with van der Waals surface area (Å²) in [5, 5.41) is 23.9. The maximum absolute atomic E-state index is 9.45. The lowest BCUT2D eigenvalue weighted by atomic mass is 9.95. The molecule has 1 aromatic carbocycles. The summed E-state index contributed by atoms with van der Waals surface area (Å²) >= 11 is 0. The van der Waals surface area contributed by atoms with Gasteiger partial charge in [-0.15, -0.1) is 0 Å². The quantitative estimate of drug-likeness (QED) is 0.390. The van der Waals surface area contributed by atoms with Crippen LogP contribution >= 0.6 is 0 Å². The van der Waals surface area contributed by atoms with E-state index in [0.29, 0.717) is 23.7 Å². The number of nitriles is 2. The van der Waals surface area contributed by atoms with E-state index in [4.69, 9.17) is 26.2 Å². The Kier molecular flexibility index (Phi) is 6.22. The first-order valence-electron chi connectivity index (χ1n) is 10.1. The third-order valence-corrected chi connectivity index (χ3v) is 5.31. The number of guanidine groups is 1. The smallest absolute Gasteiger partial charge is 0.211 e. The Labute approximate surface area is 185 Å². The van der Waals surface area contributed by atoms with Crippen molar-refractivity contribution in [3.63, 3.8) is 0 Å². The van der Waals surface area contributed by atoms with Crippen LogP contribution in [0.1, 0.15) is 22.7 Å². The summed E-state index contributed by atoms with van der Waals surface area (Å²) in [4.78, 5) is 11.1. The topological polar surface area (TPSA) is 171 Å². The van der Waals surface area contributed by atoms with Crippen LogP contribution in [0.15, 0.2) is 29.3 Å². The molecule has 2 aromatic rings. The number of nitrogen functional groups attached to an aromatic ring is 2. The van der Waals surface area contributed by atoms with Crippen LogP contribution in [0, 0.1) is 22.8 Å². The van der Waals surface area contributed by atoms with Crippen molar-refractivity contribution in [3.8, 4) is 18.0 Å². The monoisotopic (exact) mass is 433 g/mol. The highest BCUT2D eigenvalue weighted by molar-refractivity contribution is 5.98. The summed E-state index contributed by atoms with van der Waals surface area (Å²) in [7, 11) is 0. The van der Waals surface area contributed by atoms with E-state index in [2.05, 4.69) is 25.5 Å². The minimum atomic E-state index is -0.606. The summed E-state index contributed by atoms with van der Waals surface area (Å²) in [6.07, 6.45) is 1.84. The number of pyridine rings is 1. The standard InChI is InChI=1S/C21H23N9O2/c22-11-15-17(24)16-18(27-21(26-12-23)29-20(16)28-19(15)25)13-2-1-3-14(10-13)32-9-6-30-4-7-31-8-5-30/h1-3,10,18H,4-9H2,(H6,24,25,26,27,28,29). The summed E-state index contributed by atoms with van der Waals surface area (Å²) in [5.74, 6) is 1.24. The largest absolute Gasteiger partial charge is 0.492 e. The van der Waals surface area contributed by atoms with Crippen molar-refractivity contribution in [2.75, 3.05) is 56.2 Å². The maximum atomic E-state index is 9.45. The van der Waals surface area contributed by atoms with Gasteiger partial charge in [0.1, 0.15) is 41.7 Å². The molecule has 0 bridgehead atoms. The first-order valence-corrected chi connectivity index (χ1v) is 10.1. The molecule has 0 saturated carbocycles. The average molecular weight is 433 g/mol. The summed E-state index contributed by atoms with van der Waals surface area (Å²) in [6.45, 7) is 4.62. The van der Waals surface area contributed by atoms with Gasteiger partial charge in [-0.2, -0.15) is 10.5 Å². The van der Waals surface area contributed by atoms with Gasteiger partial charge in [0.25, 0.3) is 0 Å². The summed E-state index contributed by atoms with van der Waals surface area (Å²) in [5.41, 5.74) is 13.8. The second kappa shape index (κ2) is 9.39. The van der Waals surface area contributed by atoms with E-state index >= 15 is 0 Å². The molecule has 1 aromatic heterocycles. The van der Waals surface area contributed by atoms with Crippen molar-refractivity contribution in [3.05, 3.63) is 41.0 Å². The number of nitrogens with two attached hydrogens (primary N) is 2. The van der Waals surface area contributed by atoms with Crippen molar-refractivity contribution < 1.29 is 9.47 Å². The fraction of sp³-hybridized carbons (Fsp3) is 0.333. The van der Waals surface area contributed by atoms with Gasteiger partial charge in [0, 0.05) is 25.2 Å². The zero-order chi connectivity index (χ0) is 22.5. The molecule has 32 heavy (non-hydrogen) atoms. The number of anilines is 3. The molecule has 11 heteroatoms. The molecule has 1 saturated heterocycles. The normalized spacial score (nSPS) is 17.8. The number of nitrogens with one attached hydrogen (secondary N) is 2. The molecule has 2 aliphatic rings. The molecule has 164 valence electrons. The Morgan fingerprint density at radius 2 is 2.09 bits per heavy atom.